The van der Waals surface area contributed by atoms with Crippen LogP contribution in [0.1, 0.15) is 95.8 Å². The normalized spacial score (nSPS) is 14.4. The lowest BCUT2D eigenvalue weighted by Gasteiger charge is -2.33. The zero-order chi connectivity index (χ0) is 24.8. The van der Waals surface area contributed by atoms with Gasteiger partial charge in [0.2, 0.25) is 5.91 Å². The van der Waals surface area contributed by atoms with Crippen LogP contribution < -0.4 is 15.5 Å². The molecule has 1 aliphatic heterocycles. The number of piperidine rings is 1. The van der Waals surface area contributed by atoms with Gasteiger partial charge in [-0.1, -0.05) is 59.8 Å². The van der Waals surface area contributed by atoms with Gasteiger partial charge < -0.3 is 20.4 Å². The second kappa shape index (κ2) is 15.8. The summed E-state index contributed by atoms with van der Waals surface area (Å²) in [6, 6.07) is 5.81. The molecule has 0 aromatic heterocycles. The number of hydrogen-bond acceptors (Lipinski definition) is 4. The summed E-state index contributed by atoms with van der Waals surface area (Å²) in [6.07, 6.45) is 9.78. The third kappa shape index (κ3) is 9.65. The molecule has 0 aliphatic carbocycles. The molecule has 2 rings (SSSR count). The minimum absolute atomic E-state index is 0.0305. The van der Waals surface area contributed by atoms with Gasteiger partial charge in [0.15, 0.2) is 0 Å². The molecule has 1 saturated heterocycles. The van der Waals surface area contributed by atoms with Gasteiger partial charge in [-0.05, 0) is 56.5 Å². The number of amides is 2. The van der Waals surface area contributed by atoms with Gasteiger partial charge in [0.05, 0.1) is 5.56 Å². The molecule has 0 spiro atoms. The Morgan fingerprint density at radius 3 is 2.35 bits per heavy atom. The molecular weight excluding hydrogens is 424 g/mol. The number of likely N-dealkylation sites (N-methyl/N-ethyl adjacent to an activating group) is 1. The minimum Gasteiger partial charge on any atom is -0.371 e. The van der Waals surface area contributed by atoms with Crippen LogP contribution >= 0.6 is 0 Å². The molecule has 1 aromatic carbocycles. The number of carbonyl (C=O) groups is 2. The Kier molecular flexibility index (Phi) is 13.0. The smallest absolute Gasteiger partial charge is 0.253 e. The van der Waals surface area contributed by atoms with E-state index in [9.17, 15) is 9.59 Å². The van der Waals surface area contributed by atoms with E-state index in [4.69, 9.17) is 0 Å². The van der Waals surface area contributed by atoms with Gasteiger partial charge >= 0.3 is 0 Å². The molecule has 2 amide bonds. The first kappa shape index (κ1) is 28.2. The SMILES string of the molecule is CCCCCCCCC(=O)Nc1ccc(N2CCC(C)CC2)c(C(=O)NCCN(CC)CC)c1. The van der Waals surface area contributed by atoms with Gasteiger partial charge in [-0.25, -0.2) is 0 Å². The van der Waals surface area contributed by atoms with Crippen molar-refractivity contribution in [2.75, 3.05) is 49.5 Å². The average Bonchev–Trinajstić information content (AvgIpc) is 2.84. The van der Waals surface area contributed by atoms with E-state index < -0.39 is 0 Å². The summed E-state index contributed by atoms with van der Waals surface area (Å²) in [5.74, 6) is 0.693. The van der Waals surface area contributed by atoms with Gasteiger partial charge in [-0.15, -0.1) is 0 Å². The Morgan fingerprint density at radius 2 is 1.68 bits per heavy atom. The maximum atomic E-state index is 13.2. The van der Waals surface area contributed by atoms with E-state index in [0.717, 1.165) is 70.0 Å². The fourth-order valence-corrected chi connectivity index (χ4v) is 4.57. The van der Waals surface area contributed by atoms with Crippen LogP contribution in [0, 0.1) is 5.92 Å². The van der Waals surface area contributed by atoms with E-state index in [1.54, 1.807) is 0 Å². The van der Waals surface area contributed by atoms with Gasteiger partial charge in [0, 0.05) is 44.0 Å². The minimum atomic E-state index is -0.0622. The number of unbranched alkanes of at least 4 members (excludes halogenated alkanes) is 5. The Hall–Kier alpha value is -2.08. The Balaban J connectivity index is 2.02. The van der Waals surface area contributed by atoms with Crippen LogP contribution in [0.3, 0.4) is 0 Å². The summed E-state index contributed by atoms with van der Waals surface area (Å²) in [5.41, 5.74) is 2.34. The number of rotatable bonds is 15. The van der Waals surface area contributed by atoms with Crippen molar-refractivity contribution in [2.45, 2.75) is 85.5 Å². The number of anilines is 2. The van der Waals surface area contributed by atoms with Gasteiger partial charge in [0.1, 0.15) is 0 Å². The van der Waals surface area contributed by atoms with Gasteiger partial charge in [-0.2, -0.15) is 0 Å². The first-order valence-corrected chi connectivity index (χ1v) is 13.7. The van der Waals surface area contributed by atoms with E-state index in [-0.39, 0.29) is 11.8 Å². The van der Waals surface area contributed by atoms with Crippen molar-refractivity contribution in [1.82, 2.24) is 10.2 Å². The second-order valence-electron chi connectivity index (χ2n) is 9.75. The lowest BCUT2D eigenvalue weighted by Crippen LogP contribution is -2.37. The second-order valence-corrected chi connectivity index (χ2v) is 9.75. The number of nitrogens with zero attached hydrogens (tertiary/aromatic N) is 2. The summed E-state index contributed by atoms with van der Waals surface area (Å²) in [6.45, 7) is 14.1. The maximum Gasteiger partial charge on any atom is 0.253 e. The summed E-state index contributed by atoms with van der Waals surface area (Å²) < 4.78 is 0. The highest BCUT2D eigenvalue weighted by molar-refractivity contribution is 6.02. The van der Waals surface area contributed by atoms with Crippen molar-refractivity contribution in [3.8, 4) is 0 Å². The van der Waals surface area contributed by atoms with Crippen molar-refractivity contribution in [1.29, 1.82) is 0 Å². The first-order chi connectivity index (χ1) is 16.5. The lowest BCUT2D eigenvalue weighted by molar-refractivity contribution is -0.116. The van der Waals surface area contributed by atoms with Crippen molar-refractivity contribution in [2.24, 2.45) is 5.92 Å². The molecule has 0 bridgehead atoms. The highest BCUT2D eigenvalue weighted by atomic mass is 16.2. The summed E-state index contributed by atoms with van der Waals surface area (Å²) in [7, 11) is 0. The van der Waals surface area contributed by atoms with Crippen LogP contribution in [0.4, 0.5) is 11.4 Å². The molecule has 0 saturated carbocycles. The highest BCUT2D eigenvalue weighted by Crippen LogP contribution is 2.29. The van der Waals surface area contributed by atoms with Crippen LogP contribution in [0.5, 0.6) is 0 Å². The van der Waals surface area contributed by atoms with Crippen LogP contribution in [-0.2, 0) is 4.79 Å². The van der Waals surface area contributed by atoms with E-state index in [0.29, 0.717) is 24.2 Å². The zero-order valence-corrected chi connectivity index (χ0v) is 22.1. The quantitative estimate of drug-likeness (QED) is 0.322. The number of carbonyl (C=O) groups excluding carboxylic acids is 2. The van der Waals surface area contributed by atoms with E-state index in [1.807, 2.05) is 18.2 Å². The van der Waals surface area contributed by atoms with Gasteiger partial charge in [0.25, 0.3) is 5.91 Å². The molecule has 6 nitrogen and oxygen atoms in total. The fourth-order valence-electron chi connectivity index (χ4n) is 4.57. The number of nitrogens with one attached hydrogen (secondary N) is 2. The molecule has 34 heavy (non-hydrogen) atoms. The molecule has 1 fully saturated rings. The van der Waals surface area contributed by atoms with Crippen LogP contribution in [0.15, 0.2) is 18.2 Å². The highest BCUT2D eigenvalue weighted by Gasteiger charge is 2.22. The van der Waals surface area contributed by atoms with Crippen LogP contribution in [0.2, 0.25) is 0 Å². The molecule has 0 radical (unpaired) electrons. The van der Waals surface area contributed by atoms with Crippen molar-refractivity contribution in [3.63, 3.8) is 0 Å². The van der Waals surface area contributed by atoms with Crippen molar-refractivity contribution < 1.29 is 9.59 Å². The van der Waals surface area contributed by atoms with Crippen molar-refractivity contribution >= 4 is 23.2 Å². The molecule has 1 heterocycles. The standard InChI is InChI=1S/C28H48N4O2/c1-5-8-9-10-11-12-13-27(33)30-24-14-15-26(32-19-16-23(4)17-20-32)25(22-24)28(34)29-18-21-31(6-2)7-3/h14-15,22-23H,5-13,16-21H2,1-4H3,(H,29,34)(H,30,33). The zero-order valence-electron chi connectivity index (χ0n) is 22.1. The van der Waals surface area contributed by atoms with Gasteiger partial charge in [-0.3, -0.25) is 9.59 Å². The summed E-state index contributed by atoms with van der Waals surface area (Å²) >= 11 is 0. The Labute approximate surface area is 207 Å². The molecule has 0 atom stereocenters. The maximum absolute atomic E-state index is 13.2. The molecule has 2 N–H and O–H groups in total. The van der Waals surface area contributed by atoms with Crippen molar-refractivity contribution in [3.05, 3.63) is 23.8 Å². The third-order valence-corrected chi connectivity index (χ3v) is 7.01. The molecule has 1 aliphatic rings. The average molecular weight is 473 g/mol. The first-order valence-electron chi connectivity index (χ1n) is 13.7. The summed E-state index contributed by atoms with van der Waals surface area (Å²) in [4.78, 5) is 30.3. The van der Waals surface area contributed by atoms with Crippen LogP contribution in [-0.4, -0.2) is 56.0 Å². The van der Waals surface area contributed by atoms with E-state index in [2.05, 4.69) is 48.1 Å². The monoisotopic (exact) mass is 472 g/mol. The number of hydrogen-bond donors (Lipinski definition) is 2. The number of benzene rings is 1. The van der Waals surface area contributed by atoms with E-state index >= 15 is 0 Å². The topological polar surface area (TPSA) is 64.7 Å². The Morgan fingerprint density at radius 1 is 1.00 bits per heavy atom. The molecule has 192 valence electrons. The fraction of sp³-hybridized carbons (Fsp3) is 0.714. The molecular formula is C28H48N4O2. The largest absolute Gasteiger partial charge is 0.371 e. The van der Waals surface area contributed by atoms with Crippen LogP contribution in [0.25, 0.3) is 0 Å². The molecule has 0 unspecified atom stereocenters. The lowest BCUT2D eigenvalue weighted by atomic mass is 9.97. The van der Waals surface area contributed by atoms with E-state index in [1.165, 1.54) is 25.7 Å². The molecule has 6 heteroatoms. The predicted octanol–water partition coefficient (Wildman–Crippen LogP) is 5.68. The summed E-state index contributed by atoms with van der Waals surface area (Å²) in [5, 5.41) is 6.13. The molecule has 1 aromatic rings. The Bertz CT molecular complexity index is 740. The predicted molar refractivity (Wildman–Crippen MR) is 144 cm³/mol. The third-order valence-electron chi connectivity index (χ3n) is 7.01.